The van der Waals surface area contributed by atoms with Gasteiger partial charge in [0.15, 0.2) is 5.82 Å². The Morgan fingerprint density at radius 3 is 2.46 bits per heavy atom. The predicted molar refractivity (Wildman–Crippen MR) is 183 cm³/mol. The lowest BCUT2D eigenvalue weighted by Crippen LogP contribution is -2.62. The third kappa shape index (κ3) is 4.27. The maximum Gasteiger partial charge on any atom is 0.159 e. The van der Waals surface area contributed by atoms with Crippen LogP contribution < -0.4 is 10.6 Å². The lowest BCUT2D eigenvalue weighted by Gasteiger charge is -2.59. The molecule has 8 rings (SSSR count). The first kappa shape index (κ1) is 29.3. The second-order valence-corrected chi connectivity index (χ2v) is 14.1. The third-order valence-electron chi connectivity index (χ3n) is 11.4. The normalized spacial score (nSPS) is 22.6. The minimum absolute atomic E-state index is 0.0823. The Balaban J connectivity index is 1.31. The number of hydrogen-bond acceptors (Lipinski definition) is 6. The molecular formula is C38H40F2N6. The highest BCUT2D eigenvalue weighted by atomic mass is 19.1. The van der Waals surface area contributed by atoms with Crippen LogP contribution in [0.5, 0.6) is 0 Å². The van der Waals surface area contributed by atoms with Crippen LogP contribution in [0.25, 0.3) is 32.8 Å². The van der Waals surface area contributed by atoms with Crippen LogP contribution in [-0.4, -0.2) is 59.3 Å². The molecule has 46 heavy (non-hydrogen) atoms. The zero-order chi connectivity index (χ0) is 31.9. The van der Waals surface area contributed by atoms with Gasteiger partial charge in [-0.15, -0.1) is 6.42 Å². The van der Waals surface area contributed by atoms with Crippen molar-refractivity contribution in [1.82, 2.24) is 14.9 Å². The van der Waals surface area contributed by atoms with E-state index in [1.165, 1.54) is 38.2 Å². The van der Waals surface area contributed by atoms with E-state index in [1.807, 2.05) is 26.0 Å². The number of likely N-dealkylation sites (tertiary alicyclic amines) is 1. The number of aromatic nitrogens is 2. The van der Waals surface area contributed by atoms with Gasteiger partial charge >= 0.3 is 0 Å². The fraction of sp³-hybridized carbons (Fsp3) is 0.447. The second kappa shape index (κ2) is 10.7. The summed E-state index contributed by atoms with van der Waals surface area (Å²) in [6.45, 7) is 5.90. The Bertz CT molecular complexity index is 1970. The molecule has 1 aromatic heterocycles. The number of aryl methyl sites for hydroxylation is 2. The van der Waals surface area contributed by atoms with Crippen molar-refractivity contribution in [1.29, 1.82) is 0 Å². The number of anilines is 2. The number of piperazine rings is 1. The van der Waals surface area contributed by atoms with E-state index in [0.29, 0.717) is 45.6 Å². The first-order valence-corrected chi connectivity index (χ1v) is 16.7. The van der Waals surface area contributed by atoms with Crippen molar-refractivity contribution in [3.63, 3.8) is 0 Å². The first-order valence-electron chi connectivity index (χ1n) is 16.7. The van der Waals surface area contributed by atoms with Crippen molar-refractivity contribution < 1.29 is 8.78 Å². The molecule has 2 bridgehead atoms. The molecule has 2 aliphatic carbocycles. The fourth-order valence-electron chi connectivity index (χ4n) is 9.07. The van der Waals surface area contributed by atoms with E-state index >= 15 is 8.78 Å². The number of aliphatic imine (C=N–C) groups is 1. The number of hydrogen-bond donors (Lipinski definition) is 1. The number of fused-ring (bicyclic) bond motifs is 4. The number of terminal acetylenes is 1. The monoisotopic (exact) mass is 618 g/mol. The summed E-state index contributed by atoms with van der Waals surface area (Å²) in [6.07, 6.45) is 17.1. The SMILES string of the molecule is C#Cc1c(F)ccc2cc(C)cc(-c3c(N)c(C=NC)c4c(N5C6CCC5CN(C5CC7(CCC7)C5)C6)nc(CC)nc4c3F)c12. The standard InChI is InChI=1S/C38H40F2N6/c1-5-26-29(39)11-8-22-14-21(3)15-27(31(22)26)32-34(40)36-33(28(18-42-4)35(32)41)37(44-30(6-2)43-36)46-23-9-10-24(46)20-45(19-23)25-16-38(17-25)12-7-13-38/h1,8,11,14-15,18,23-25H,6-7,9-10,12-13,16-17,19-20,41H2,2-4H3. The molecule has 4 aliphatic rings. The van der Waals surface area contributed by atoms with Crippen LogP contribution in [0.2, 0.25) is 0 Å². The summed E-state index contributed by atoms with van der Waals surface area (Å²) in [4.78, 5) is 19.4. The number of rotatable bonds is 5. The molecule has 236 valence electrons. The molecule has 1 spiro atoms. The number of halogens is 2. The fourth-order valence-corrected chi connectivity index (χ4v) is 9.07. The lowest BCUT2D eigenvalue weighted by atomic mass is 9.53. The summed E-state index contributed by atoms with van der Waals surface area (Å²) in [5.74, 6) is 2.74. The molecule has 4 aromatic rings. The quantitative estimate of drug-likeness (QED) is 0.146. The number of nitrogens with two attached hydrogens (primary N) is 1. The average molecular weight is 619 g/mol. The molecular weight excluding hydrogens is 578 g/mol. The highest BCUT2D eigenvalue weighted by Crippen LogP contribution is 2.58. The molecule has 0 radical (unpaired) electrons. The Kier molecular flexibility index (Phi) is 6.84. The van der Waals surface area contributed by atoms with Crippen molar-refractivity contribution >= 4 is 39.4 Å². The number of benzene rings is 3. The molecule has 2 saturated carbocycles. The third-order valence-corrected chi connectivity index (χ3v) is 11.4. The second-order valence-electron chi connectivity index (χ2n) is 14.1. The van der Waals surface area contributed by atoms with Crippen LogP contribution in [0.4, 0.5) is 20.3 Å². The van der Waals surface area contributed by atoms with Crippen LogP contribution in [0, 0.1) is 36.3 Å². The topological polar surface area (TPSA) is 70.6 Å². The van der Waals surface area contributed by atoms with Crippen molar-refractivity contribution in [2.75, 3.05) is 30.8 Å². The molecule has 2 N–H and O–H groups in total. The van der Waals surface area contributed by atoms with E-state index in [0.717, 1.165) is 42.7 Å². The summed E-state index contributed by atoms with van der Waals surface area (Å²) in [5.41, 5.74) is 10.2. The van der Waals surface area contributed by atoms with E-state index in [4.69, 9.17) is 22.1 Å². The van der Waals surface area contributed by atoms with Crippen molar-refractivity contribution in [3.05, 3.63) is 58.4 Å². The molecule has 3 heterocycles. The van der Waals surface area contributed by atoms with E-state index in [2.05, 4.69) is 20.7 Å². The zero-order valence-electron chi connectivity index (χ0n) is 26.8. The van der Waals surface area contributed by atoms with Crippen LogP contribution in [0.1, 0.15) is 74.4 Å². The van der Waals surface area contributed by atoms with Gasteiger partial charge in [0.05, 0.1) is 16.6 Å². The molecule has 2 aliphatic heterocycles. The van der Waals surface area contributed by atoms with E-state index in [1.54, 1.807) is 19.3 Å². The predicted octanol–water partition coefficient (Wildman–Crippen LogP) is 7.20. The van der Waals surface area contributed by atoms with Crippen molar-refractivity contribution in [3.8, 4) is 23.5 Å². The van der Waals surface area contributed by atoms with Gasteiger partial charge in [0.25, 0.3) is 0 Å². The largest absolute Gasteiger partial charge is 0.398 e. The summed E-state index contributed by atoms with van der Waals surface area (Å²) in [7, 11) is 1.68. The van der Waals surface area contributed by atoms with Gasteiger partial charge in [0, 0.05) is 67.4 Å². The van der Waals surface area contributed by atoms with Crippen LogP contribution in [-0.2, 0) is 6.42 Å². The summed E-state index contributed by atoms with van der Waals surface area (Å²) in [5, 5.41) is 1.76. The Morgan fingerprint density at radius 1 is 1.09 bits per heavy atom. The van der Waals surface area contributed by atoms with E-state index in [9.17, 15) is 0 Å². The molecule has 3 aromatic carbocycles. The summed E-state index contributed by atoms with van der Waals surface area (Å²) in [6, 6.07) is 8.03. The van der Waals surface area contributed by atoms with E-state index < -0.39 is 11.6 Å². The average Bonchev–Trinajstić information content (AvgIpc) is 3.26. The first-order chi connectivity index (χ1) is 22.3. The molecule has 2 unspecified atom stereocenters. The van der Waals surface area contributed by atoms with Crippen molar-refractivity contribution in [2.24, 2.45) is 10.4 Å². The number of nitrogens with zero attached hydrogens (tertiary/aromatic N) is 5. The number of nitrogen functional groups attached to an aromatic ring is 1. The molecule has 2 saturated heterocycles. The highest BCUT2D eigenvalue weighted by Gasteiger charge is 2.52. The van der Waals surface area contributed by atoms with Gasteiger partial charge in [-0.3, -0.25) is 9.89 Å². The minimum atomic E-state index is -0.551. The molecule has 8 heteroatoms. The molecule has 4 fully saturated rings. The molecule has 6 nitrogen and oxygen atoms in total. The summed E-state index contributed by atoms with van der Waals surface area (Å²) < 4.78 is 32.3. The van der Waals surface area contributed by atoms with Crippen LogP contribution in [0.3, 0.4) is 0 Å². The van der Waals surface area contributed by atoms with Crippen molar-refractivity contribution in [2.45, 2.75) is 83.3 Å². The smallest absolute Gasteiger partial charge is 0.159 e. The lowest BCUT2D eigenvalue weighted by molar-refractivity contribution is -0.0604. The zero-order valence-corrected chi connectivity index (χ0v) is 26.8. The molecule has 2 atom stereocenters. The Labute approximate surface area is 269 Å². The van der Waals surface area contributed by atoms with Gasteiger partial charge in [0.1, 0.15) is 23.0 Å². The van der Waals surface area contributed by atoms with Crippen LogP contribution in [0.15, 0.2) is 29.3 Å². The van der Waals surface area contributed by atoms with Gasteiger partial charge in [-0.05, 0) is 73.4 Å². The maximum absolute atomic E-state index is 17.3. The Morgan fingerprint density at radius 2 is 1.83 bits per heavy atom. The van der Waals surface area contributed by atoms with E-state index in [-0.39, 0.29) is 34.4 Å². The van der Waals surface area contributed by atoms with Gasteiger partial charge in [-0.2, -0.15) is 0 Å². The van der Waals surface area contributed by atoms with Gasteiger partial charge < -0.3 is 10.6 Å². The van der Waals surface area contributed by atoms with Gasteiger partial charge in [0.2, 0.25) is 0 Å². The Hall–Kier alpha value is -4.09. The summed E-state index contributed by atoms with van der Waals surface area (Å²) >= 11 is 0. The maximum atomic E-state index is 17.3. The minimum Gasteiger partial charge on any atom is -0.398 e. The highest BCUT2D eigenvalue weighted by molar-refractivity contribution is 6.15. The van der Waals surface area contributed by atoms with Gasteiger partial charge in [-0.1, -0.05) is 37.5 Å². The molecule has 0 amide bonds. The van der Waals surface area contributed by atoms with Crippen LogP contribution >= 0.6 is 0 Å². The van der Waals surface area contributed by atoms with Gasteiger partial charge in [-0.25, -0.2) is 18.7 Å².